The van der Waals surface area contributed by atoms with Crippen LogP contribution in [0.5, 0.6) is 0 Å². The lowest BCUT2D eigenvalue weighted by molar-refractivity contribution is 0.222. The summed E-state index contributed by atoms with van der Waals surface area (Å²) >= 11 is 0. The number of rotatable bonds is 2. The van der Waals surface area contributed by atoms with Gasteiger partial charge in [-0.05, 0) is 24.6 Å². The molecule has 4 nitrogen and oxygen atoms in total. The molecule has 1 aromatic carbocycles. The van der Waals surface area contributed by atoms with Crippen molar-refractivity contribution in [3.05, 3.63) is 35.5 Å². The third-order valence-electron chi connectivity index (χ3n) is 2.04. The smallest absolute Gasteiger partial charge is 0.252 e. The maximum absolute atomic E-state index is 13.0. The molecule has 0 radical (unpaired) electrons. The second-order valence-corrected chi connectivity index (χ2v) is 3.13. The molecule has 0 aliphatic heterocycles. The van der Waals surface area contributed by atoms with Crippen molar-refractivity contribution in [2.75, 3.05) is 0 Å². The molecule has 0 aliphatic rings. The minimum Gasteiger partial charge on any atom is -0.387 e. The minimum atomic E-state index is -0.356. The third-order valence-corrected chi connectivity index (χ3v) is 2.04. The third kappa shape index (κ3) is 1.87. The van der Waals surface area contributed by atoms with E-state index in [0.717, 1.165) is 5.56 Å². The molecule has 0 unspecified atom stereocenters. The number of aromatic nitrogens is 2. The molecule has 0 atom stereocenters. The van der Waals surface area contributed by atoms with Crippen LogP contribution in [0.15, 0.2) is 22.7 Å². The number of halogens is 1. The van der Waals surface area contributed by atoms with Gasteiger partial charge in [0.05, 0.1) is 0 Å². The first kappa shape index (κ1) is 9.79. The zero-order valence-corrected chi connectivity index (χ0v) is 8.07. The summed E-state index contributed by atoms with van der Waals surface area (Å²) in [5, 5.41) is 12.4. The fourth-order valence-corrected chi connectivity index (χ4v) is 1.26. The van der Waals surface area contributed by atoms with Gasteiger partial charge in [-0.2, -0.15) is 4.98 Å². The van der Waals surface area contributed by atoms with Gasteiger partial charge < -0.3 is 9.63 Å². The zero-order valence-electron chi connectivity index (χ0n) is 8.07. The lowest BCUT2D eigenvalue weighted by Crippen LogP contribution is -1.88. The number of nitrogens with zero attached hydrogens (tertiary/aromatic N) is 2. The number of aryl methyl sites for hydroxylation is 1. The maximum Gasteiger partial charge on any atom is 0.252 e. The van der Waals surface area contributed by atoms with Crippen LogP contribution in [-0.4, -0.2) is 15.2 Å². The molecule has 0 spiro atoms. The van der Waals surface area contributed by atoms with Crippen molar-refractivity contribution in [3.63, 3.8) is 0 Å². The molecule has 0 saturated carbocycles. The number of benzene rings is 1. The SMILES string of the molecule is Cc1ccc(F)cc1-c1noc(CO)n1. The van der Waals surface area contributed by atoms with Crippen molar-refractivity contribution in [1.29, 1.82) is 0 Å². The average Bonchev–Trinajstić information content (AvgIpc) is 2.70. The first-order valence-electron chi connectivity index (χ1n) is 4.40. The van der Waals surface area contributed by atoms with Crippen LogP contribution in [0, 0.1) is 12.7 Å². The summed E-state index contributed by atoms with van der Waals surface area (Å²) in [5.74, 6) is 0.0515. The Bertz CT molecular complexity index is 482. The van der Waals surface area contributed by atoms with Crippen LogP contribution in [0.3, 0.4) is 0 Å². The molecule has 78 valence electrons. The van der Waals surface area contributed by atoms with Gasteiger partial charge >= 0.3 is 0 Å². The van der Waals surface area contributed by atoms with Crippen molar-refractivity contribution >= 4 is 0 Å². The second-order valence-electron chi connectivity index (χ2n) is 3.13. The van der Waals surface area contributed by atoms with Gasteiger partial charge in [0, 0.05) is 5.56 Å². The zero-order chi connectivity index (χ0) is 10.8. The van der Waals surface area contributed by atoms with Gasteiger partial charge in [-0.1, -0.05) is 11.2 Å². The molecule has 2 aromatic rings. The average molecular weight is 208 g/mol. The van der Waals surface area contributed by atoms with E-state index < -0.39 is 0 Å². The van der Waals surface area contributed by atoms with Gasteiger partial charge in [0.1, 0.15) is 12.4 Å². The fourth-order valence-electron chi connectivity index (χ4n) is 1.26. The molecule has 1 heterocycles. The summed E-state index contributed by atoms with van der Waals surface area (Å²) in [6, 6.07) is 4.34. The number of hydrogen-bond donors (Lipinski definition) is 1. The largest absolute Gasteiger partial charge is 0.387 e. The Balaban J connectivity index is 2.48. The van der Waals surface area contributed by atoms with E-state index in [0.29, 0.717) is 5.56 Å². The molecular weight excluding hydrogens is 199 g/mol. The van der Waals surface area contributed by atoms with Crippen LogP contribution in [-0.2, 0) is 6.61 Å². The molecule has 0 amide bonds. The minimum absolute atomic E-state index is 0.119. The Morgan fingerprint density at radius 2 is 2.27 bits per heavy atom. The first-order valence-corrected chi connectivity index (χ1v) is 4.40. The van der Waals surface area contributed by atoms with E-state index in [1.54, 1.807) is 6.07 Å². The molecule has 0 fully saturated rings. The van der Waals surface area contributed by atoms with Gasteiger partial charge in [0.15, 0.2) is 0 Å². The predicted octanol–water partition coefficient (Wildman–Crippen LogP) is 1.68. The fraction of sp³-hybridized carbons (Fsp3) is 0.200. The van der Waals surface area contributed by atoms with E-state index in [-0.39, 0.29) is 24.1 Å². The van der Waals surface area contributed by atoms with E-state index in [4.69, 9.17) is 9.63 Å². The van der Waals surface area contributed by atoms with Crippen molar-refractivity contribution < 1.29 is 14.0 Å². The van der Waals surface area contributed by atoms with Crippen LogP contribution in [0.2, 0.25) is 0 Å². The molecule has 0 bridgehead atoms. The summed E-state index contributed by atoms with van der Waals surface area (Å²) in [6.07, 6.45) is 0. The highest BCUT2D eigenvalue weighted by Gasteiger charge is 2.10. The van der Waals surface area contributed by atoms with Gasteiger partial charge in [-0.25, -0.2) is 4.39 Å². The number of aliphatic hydroxyl groups is 1. The number of hydrogen-bond acceptors (Lipinski definition) is 4. The molecule has 15 heavy (non-hydrogen) atoms. The highest BCUT2D eigenvalue weighted by atomic mass is 19.1. The Hall–Kier alpha value is -1.75. The lowest BCUT2D eigenvalue weighted by Gasteiger charge is -1.99. The van der Waals surface area contributed by atoms with Crippen LogP contribution < -0.4 is 0 Å². The van der Waals surface area contributed by atoms with E-state index in [1.165, 1.54) is 12.1 Å². The van der Waals surface area contributed by atoms with Gasteiger partial charge in [0.2, 0.25) is 5.82 Å². The Morgan fingerprint density at radius 3 is 2.93 bits per heavy atom. The van der Waals surface area contributed by atoms with Crippen LogP contribution in [0.1, 0.15) is 11.5 Å². The lowest BCUT2D eigenvalue weighted by atomic mass is 10.1. The summed E-state index contributed by atoms with van der Waals surface area (Å²) in [5.41, 5.74) is 1.42. The van der Waals surface area contributed by atoms with E-state index in [9.17, 15) is 4.39 Å². The summed E-state index contributed by atoms with van der Waals surface area (Å²) in [7, 11) is 0. The molecule has 0 saturated heterocycles. The number of aliphatic hydroxyl groups excluding tert-OH is 1. The monoisotopic (exact) mass is 208 g/mol. The van der Waals surface area contributed by atoms with Crippen molar-refractivity contribution in [2.24, 2.45) is 0 Å². The van der Waals surface area contributed by atoms with E-state index in [1.807, 2.05) is 6.92 Å². The first-order chi connectivity index (χ1) is 7.20. The molecule has 0 aliphatic carbocycles. The van der Waals surface area contributed by atoms with E-state index >= 15 is 0 Å². The van der Waals surface area contributed by atoms with Gasteiger partial charge in [-0.15, -0.1) is 0 Å². The van der Waals surface area contributed by atoms with Gasteiger partial charge in [-0.3, -0.25) is 0 Å². The predicted molar refractivity (Wildman–Crippen MR) is 50.4 cm³/mol. The van der Waals surface area contributed by atoms with Crippen LogP contribution >= 0.6 is 0 Å². The van der Waals surface area contributed by atoms with Crippen molar-refractivity contribution in [1.82, 2.24) is 10.1 Å². The Morgan fingerprint density at radius 1 is 1.47 bits per heavy atom. The molecule has 1 aromatic heterocycles. The molecule has 1 N–H and O–H groups in total. The molecule has 2 rings (SSSR count). The normalized spacial score (nSPS) is 10.6. The van der Waals surface area contributed by atoms with Crippen molar-refractivity contribution in [3.8, 4) is 11.4 Å². The quantitative estimate of drug-likeness (QED) is 0.815. The highest BCUT2D eigenvalue weighted by molar-refractivity contribution is 5.59. The molecule has 5 heteroatoms. The maximum atomic E-state index is 13.0. The standard InChI is InChI=1S/C10H9FN2O2/c1-6-2-3-7(11)4-8(6)10-12-9(5-14)15-13-10/h2-4,14H,5H2,1H3. The summed E-state index contributed by atoms with van der Waals surface area (Å²) < 4.78 is 17.7. The summed E-state index contributed by atoms with van der Waals surface area (Å²) in [4.78, 5) is 3.91. The highest BCUT2D eigenvalue weighted by Crippen LogP contribution is 2.21. The Labute approximate surface area is 85.4 Å². The topological polar surface area (TPSA) is 59.2 Å². The van der Waals surface area contributed by atoms with Gasteiger partial charge in [0.25, 0.3) is 5.89 Å². The van der Waals surface area contributed by atoms with E-state index in [2.05, 4.69) is 10.1 Å². The van der Waals surface area contributed by atoms with Crippen LogP contribution in [0.4, 0.5) is 4.39 Å². The second kappa shape index (κ2) is 3.78. The Kier molecular flexibility index (Phi) is 2.47. The summed E-state index contributed by atoms with van der Waals surface area (Å²) in [6.45, 7) is 1.51. The molecular formula is C10H9FN2O2. The van der Waals surface area contributed by atoms with Crippen LogP contribution in [0.25, 0.3) is 11.4 Å². The van der Waals surface area contributed by atoms with Crippen molar-refractivity contribution in [2.45, 2.75) is 13.5 Å².